The molecule has 0 aromatic carbocycles. The predicted octanol–water partition coefficient (Wildman–Crippen LogP) is 4.20. The van der Waals surface area contributed by atoms with Crippen LogP contribution >= 0.6 is 58.0 Å². The first-order valence-corrected chi connectivity index (χ1v) is 7.14. The fourth-order valence-electron chi connectivity index (χ4n) is 1.48. The molecule has 0 fully saturated rings. The smallest absolute Gasteiger partial charge is 0.241 e. The van der Waals surface area contributed by atoms with E-state index in [1.165, 1.54) is 11.2 Å². The van der Waals surface area contributed by atoms with Crippen LogP contribution in [0.1, 0.15) is 26.7 Å². The van der Waals surface area contributed by atoms with Crippen molar-refractivity contribution in [2.45, 2.75) is 41.1 Å². The number of unbranched alkanes of at least 4 members (excludes halogenated alkanes) is 1. The van der Waals surface area contributed by atoms with Crippen molar-refractivity contribution in [3.63, 3.8) is 0 Å². The van der Waals surface area contributed by atoms with Gasteiger partial charge in [0.05, 0.1) is 0 Å². The molecule has 0 bridgehead atoms. The molecule has 1 heterocycles. The van der Waals surface area contributed by atoms with Gasteiger partial charge in [0.1, 0.15) is 12.5 Å². The van der Waals surface area contributed by atoms with E-state index in [0.717, 1.165) is 19.4 Å². The van der Waals surface area contributed by atoms with Gasteiger partial charge in [0, 0.05) is 6.54 Å². The van der Waals surface area contributed by atoms with Crippen molar-refractivity contribution in [3.8, 4) is 0 Å². The van der Waals surface area contributed by atoms with E-state index < -0.39 is 8.25 Å². The lowest BCUT2D eigenvalue weighted by Gasteiger charge is -2.39. The van der Waals surface area contributed by atoms with E-state index in [2.05, 4.69) is 12.0 Å². The summed E-state index contributed by atoms with van der Waals surface area (Å²) < 4.78 is -3.47. The second kappa shape index (κ2) is 5.79. The number of hydrogen-bond donors (Lipinski definition) is 0. The maximum Gasteiger partial charge on any atom is 0.241 e. The Morgan fingerprint density at radius 3 is 2.29 bits per heavy atom. The predicted molar refractivity (Wildman–Crippen MR) is 76.1 cm³/mol. The molecule has 0 amide bonds. The molecule has 0 spiro atoms. The van der Waals surface area contributed by atoms with Gasteiger partial charge in [-0.1, -0.05) is 71.3 Å². The lowest BCUT2D eigenvalue weighted by Crippen LogP contribution is -2.53. The Kier molecular flexibility index (Phi) is 5.37. The third-order valence-electron chi connectivity index (χ3n) is 2.56. The summed E-state index contributed by atoms with van der Waals surface area (Å²) in [5.74, 6) is 0. The Hall–Kier alpha value is 0.720. The third-order valence-corrected chi connectivity index (χ3v) is 4.92. The van der Waals surface area contributed by atoms with Crippen molar-refractivity contribution in [1.82, 2.24) is 9.91 Å². The van der Waals surface area contributed by atoms with E-state index >= 15 is 0 Å². The first-order valence-electron chi connectivity index (χ1n) is 5.25. The number of rotatable bonds is 4. The van der Waals surface area contributed by atoms with Gasteiger partial charge in [-0.25, -0.2) is 0 Å². The van der Waals surface area contributed by atoms with Crippen molar-refractivity contribution >= 4 is 64.3 Å². The zero-order chi connectivity index (χ0) is 13.3. The number of hydrazone groups is 1. The molecule has 100 valence electrons. The van der Waals surface area contributed by atoms with Crippen LogP contribution in [0.25, 0.3) is 0 Å². The zero-order valence-corrected chi connectivity index (χ0v) is 13.3. The van der Waals surface area contributed by atoms with Crippen LogP contribution in [0.3, 0.4) is 0 Å². The van der Waals surface area contributed by atoms with Crippen LogP contribution in [0.15, 0.2) is 5.10 Å². The number of nitrogens with zero attached hydrogens (tertiary/aromatic N) is 3. The molecule has 17 heavy (non-hydrogen) atoms. The van der Waals surface area contributed by atoms with Gasteiger partial charge >= 0.3 is 0 Å². The molecule has 1 rings (SSSR count). The minimum absolute atomic E-state index is 0.146. The molecule has 0 saturated heterocycles. The van der Waals surface area contributed by atoms with Crippen molar-refractivity contribution < 1.29 is 0 Å². The van der Waals surface area contributed by atoms with E-state index in [1.807, 2.05) is 11.9 Å². The van der Waals surface area contributed by atoms with Gasteiger partial charge in [0.2, 0.25) is 8.25 Å². The van der Waals surface area contributed by atoms with Gasteiger partial charge in [-0.05, 0) is 13.3 Å². The molecule has 1 unspecified atom stereocenters. The average molecular weight is 341 g/mol. The van der Waals surface area contributed by atoms with E-state index in [0.29, 0.717) is 0 Å². The third kappa shape index (κ3) is 3.38. The number of hydrogen-bond acceptors (Lipinski definition) is 3. The van der Waals surface area contributed by atoms with E-state index in [4.69, 9.17) is 58.0 Å². The SMILES string of the molecule is CCCCN1N=CN(C(Cl)(Cl)C(Cl)(Cl)Cl)C1C. The van der Waals surface area contributed by atoms with Gasteiger partial charge in [-0.15, -0.1) is 0 Å². The van der Waals surface area contributed by atoms with Gasteiger partial charge in [-0.3, -0.25) is 5.01 Å². The van der Waals surface area contributed by atoms with Crippen LogP contribution in [0, 0.1) is 0 Å². The van der Waals surface area contributed by atoms with Gasteiger partial charge in [-0.2, -0.15) is 5.10 Å². The van der Waals surface area contributed by atoms with E-state index in [-0.39, 0.29) is 6.17 Å². The van der Waals surface area contributed by atoms with E-state index in [1.54, 1.807) is 0 Å². The maximum atomic E-state index is 6.09. The Balaban J connectivity index is 2.74. The van der Waals surface area contributed by atoms with E-state index in [9.17, 15) is 0 Å². The van der Waals surface area contributed by atoms with Crippen LogP contribution in [0.2, 0.25) is 0 Å². The normalized spacial score (nSPS) is 21.5. The molecule has 1 aliphatic rings. The Morgan fingerprint density at radius 2 is 1.82 bits per heavy atom. The maximum absolute atomic E-state index is 6.09. The van der Waals surface area contributed by atoms with Crippen LogP contribution in [0.4, 0.5) is 0 Å². The molecule has 0 aromatic rings. The molecule has 0 saturated carbocycles. The molecule has 1 aliphatic heterocycles. The van der Waals surface area contributed by atoms with Crippen LogP contribution < -0.4 is 0 Å². The zero-order valence-electron chi connectivity index (χ0n) is 9.51. The number of alkyl halides is 5. The summed E-state index contributed by atoms with van der Waals surface area (Å²) in [7, 11) is 0. The fourth-order valence-corrected chi connectivity index (χ4v) is 2.14. The largest absolute Gasteiger partial charge is 0.304 e. The highest BCUT2D eigenvalue weighted by Gasteiger charge is 2.53. The molecule has 0 radical (unpaired) electrons. The summed E-state index contributed by atoms with van der Waals surface area (Å²) in [6.45, 7) is 4.82. The molecule has 3 nitrogen and oxygen atoms in total. The Labute approximate surface area is 127 Å². The lowest BCUT2D eigenvalue weighted by atomic mass is 10.3. The first-order chi connectivity index (χ1) is 7.71. The molecule has 0 aromatic heterocycles. The Bertz CT molecular complexity index is 289. The molecule has 1 atom stereocenters. The van der Waals surface area contributed by atoms with Crippen LogP contribution in [-0.4, -0.2) is 37.2 Å². The minimum Gasteiger partial charge on any atom is -0.304 e. The standard InChI is InChI=1S/C9H14Cl5N3/c1-3-4-5-17-7(2)16(6-15-17)9(13,14)8(10,11)12/h6-7H,3-5H2,1-2H3. The summed E-state index contributed by atoms with van der Waals surface area (Å²) in [5.41, 5.74) is 0. The molecule has 0 N–H and O–H groups in total. The van der Waals surface area contributed by atoms with Crippen molar-refractivity contribution in [2.75, 3.05) is 6.54 Å². The van der Waals surface area contributed by atoms with Crippen molar-refractivity contribution in [1.29, 1.82) is 0 Å². The highest BCUT2D eigenvalue weighted by atomic mass is 35.6. The average Bonchev–Trinajstić information content (AvgIpc) is 2.55. The lowest BCUT2D eigenvalue weighted by molar-refractivity contribution is 0.127. The summed E-state index contributed by atoms with van der Waals surface area (Å²) >= 11 is 29.5. The summed E-state index contributed by atoms with van der Waals surface area (Å²) in [4.78, 5) is 1.53. The quantitative estimate of drug-likeness (QED) is 0.564. The molecule has 0 aliphatic carbocycles. The molecular weight excluding hydrogens is 327 g/mol. The summed E-state index contributed by atoms with van der Waals surface area (Å²) in [6.07, 6.45) is 3.46. The van der Waals surface area contributed by atoms with Crippen molar-refractivity contribution in [3.05, 3.63) is 0 Å². The topological polar surface area (TPSA) is 18.8 Å². The fraction of sp³-hybridized carbons (Fsp3) is 0.889. The van der Waals surface area contributed by atoms with Crippen LogP contribution in [-0.2, 0) is 0 Å². The van der Waals surface area contributed by atoms with Gasteiger partial charge < -0.3 is 4.90 Å². The van der Waals surface area contributed by atoms with Crippen molar-refractivity contribution in [2.24, 2.45) is 5.10 Å². The highest BCUT2D eigenvalue weighted by molar-refractivity contribution is 6.75. The second-order valence-corrected chi connectivity index (χ2v) is 7.39. The molecular formula is C9H14Cl5N3. The second-order valence-electron chi connectivity index (χ2n) is 3.83. The number of halogens is 5. The minimum atomic E-state index is -1.82. The van der Waals surface area contributed by atoms with Gasteiger partial charge in [0.25, 0.3) is 0 Å². The monoisotopic (exact) mass is 339 g/mol. The molecule has 8 heteroatoms. The van der Waals surface area contributed by atoms with Crippen LogP contribution in [0.5, 0.6) is 0 Å². The Morgan fingerprint density at radius 1 is 1.24 bits per heavy atom. The highest BCUT2D eigenvalue weighted by Crippen LogP contribution is 2.49. The first kappa shape index (κ1) is 15.8. The summed E-state index contributed by atoms with van der Waals surface area (Å²) in [6, 6.07) is 0. The van der Waals surface area contributed by atoms with Gasteiger partial charge in [0.15, 0.2) is 0 Å². The summed E-state index contributed by atoms with van der Waals surface area (Å²) in [5, 5.41) is 6.07.